The molecule has 6 nitrogen and oxygen atoms in total. The van der Waals surface area contributed by atoms with E-state index in [0.717, 1.165) is 27.7 Å². The Labute approximate surface area is 215 Å². The third-order valence-corrected chi connectivity index (χ3v) is 5.86. The van der Waals surface area contributed by atoms with Gasteiger partial charge in [0.1, 0.15) is 6.61 Å². The molecule has 1 N–H and O–H groups in total. The van der Waals surface area contributed by atoms with Crippen molar-refractivity contribution in [3.8, 4) is 22.8 Å². The van der Waals surface area contributed by atoms with E-state index < -0.39 is 0 Å². The number of carbonyl (C=O) groups is 1. The second-order valence-electron chi connectivity index (χ2n) is 8.29. The molecule has 1 heterocycles. The van der Waals surface area contributed by atoms with Crippen LogP contribution in [0.1, 0.15) is 21.5 Å². The van der Waals surface area contributed by atoms with Gasteiger partial charge in [0, 0.05) is 16.5 Å². The smallest absolute Gasteiger partial charge is 0.272 e. The lowest BCUT2D eigenvalue weighted by atomic mass is 10.0. The van der Waals surface area contributed by atoms with Gasteiger partial charge in [-0.1, -0.05) is 84.9 Å². The zero-order chi connectivity index (χ0) is 25.5. The number of pyridine rings is 1. The van der Waals surface area contributed by atoms with Gasteiger partial charge in [0.15, 0.2) is 11.5 Å². The summed E-state index contributed by atoms with van der Waals surface area (Å²) in [4.78, 5) is 18.0. The number of hydrogen-bond acceptors (Lipinski definition) is 5. The number of nitrogens with one attached hydrogen (secondary N) is 1. The number of hydrazone groups is 1. The first kappa shape index (κ1) is 23.8. The van der Waals surface area contributed by atoms with Crippen LogP contribution in [0.25, 0.3) is 22.2 Å². The van der Waals surface area contributed by atoms with Crippen LogP contribution < -0.4 is 14.9 Å². The summed E-state index contributed by atoms with van der Waals surface area (Å²) in [5.74, 6) is 0.799. The largest absolute Gasteiger partial charge is 0.493 e. The molecule has 0 aliphatic rings. The van der Waals surface area contributed by atoms with Crippen molar-refractivity contribution in [2.75, 3.05) is 7.11 Å². The summed E-state index contributed by atoms with van der Waals surface area (Å²) in [6, 6.07) is 34.5. The molecule has 0 aliphatic heterocycles. The summed E-state index contributed by atoms with van der Waals surface area (Å²) in [7, 11) is 1.59. The Morgan fingerprint density at radius 1 is 0.892 bits per heavy atom. The van der Waals surface area contributed by atoms with E-state index in [1.165, 1.54) is 0 Å². The minimum Gasteiger partial charge on any atom is -0.493 e. The molecule has 0 atom stereocenters. The van der Waals surface area contributed by atoms with Gasteiger partial charge in [-0.15, -0.1) is 0 Å². The maximum Gasteiger partial charge on any atom is 0.272 e. The highest BCUT2D eigenvalue weighted by Crippen LogP contribution is 2.31. The van der Waals surface area contributed by atoms with Crippen LogP contribution in [0.4, 0.5) is 0 Å². The molecule has 0 bridgehead atoms. The van der Waals surface area contributed by atoms with E-state index in [0.29, 0.717) is 29.2 Å². The first-order chi connectivity index (χ1) is 18.2. The molecule has 5 aromatic rings. The summed E-state index contributed by atoms with van der Waals surface area (Å²) in [5, 5.41) is 4.99. The average molecular weight is 488 g/mol. The Kier molecular flexibility index (Phi) is 7.18. The van der Waals surface area contributed by atoms with Crippen molar-refractivity contribution in [2.24, 2.45) is 5.10 Å². The second-order valence-corrected chi connectivity index (χ2v) is 8.29. The Balaban J connectivity index is 1.40. The number of nitrogens with zero attached hydrogens (tertiary/aromatic N) is 2. The van der Waals surface area contributed by atoms with E-state index in [4.69, 9.17) is 14.5 Å². The van der Waals surface area contributed by atoms with Crippen LogP contribution in [-0.4, -0.2) is 24.2 Å². The highest BCUT2D eigenvalue weighted by Gasteiger charge is 2.14. The standard InChI is InChI=1S/C31H25N3O3/c1-36-29-18-10-15-24(30(29)37-21-22-11-4-2-5-12-22)20-32-34-31(35)26-19-28(23-13-6-3-7-14-23)33-27-17-9-8-16-25(26)27/h2-20H,21H2,1H3,(H,34,35)/b32-20-. The van der Waals surface area contributed by atoms with E-state index in [-0.39, 0.29) is 5.91 Å². The Hall–Kier alpha value is -4.97. The Morgan fingerprint density at radius 2 is 1.62 bits per heavy atom. The molecule has 1 aromatic heterocycles. The van der Waals surface area contributed by atoms with Gasteiger partial charge in [-0.2, -0.15) is 5.10 Å². The summed E-state index contributed by atoms with van der Waals surface area (Å²) in [6.45, 7) is 0.375. The Morgan fingerprint density at radius 3 is 2.41 bits per heavy atom. The molecular weight excluding hydrogens is 462 g/mol. The monoisotopic (exact) mass is 487 g/mol. The third kappa shape index (κ3) is 5.49. The number of carbonyl (C=O) groups excluding carboxylic acids is 1. The van der Waals surface area contributed by atoms with Crippen molar-refractivity contribution in [3.63, 3.8) is 0 Å². The van der Waals surface area contributed by atoms with Crippen LogP contribution in [0, 0.1) is 0 Å². The Bertz CT molecular complexity index is 1550. The molecular formula is C31H25N3O3. The second kappa shape index (κ2) is 11.2. The number of para-hydroxylation sites is 2. The van der Waals surface area contributed by atoms with Crippen molar-refractivity contribution in [1.29, 1.82) is 0 Å². The molecule has 0 unspecified atom stereocenters. The number of benzene rings is 4. The summed E-state index contributed by atoms with van der Waals surface area (Å²) < 4.78 is 11.6. The van der Waals surface area contributed by atoms with Gasteiger partial charge in [0.05, 0.1) is 30.1 Å². The first-order valence-electron chi connectivity index (χ1n) is 11.9. The number of ether oxygens (including phenoxy) is 2. The van der Waals surface area contributed by atoms with Gasteiger partial charge in [0.2, 0.25) is 0 Å². The number of amides is 1. The minimum absolute atomic E-state index is 0.332. The van der Waals surface area contributed by atoms with Crippen molar-refractivity contribution in [3.05, 3.63) is 126 Å². The van der Waals surface area contributed by atoms with Gasteiger partial charge in [0.25, 0.3) is 5.91 Å². The van der Waals surface area contributed by atoms with E-state index in [9.17, 15) is 4.79 Å². The molecule has 0 saturated heterocycles. The van der Waals surface area contributed by atoms with E-state index in [1.54, 1.807) is 19.4 Å². The normalized spacial score (nSPS) is 10.9. The number of hydrogen-bond donors (Lipinski definition) is 1. The third-order valence-electron chi connectivity index (χ3n) is 5.86. The summed E-state index contributed by atoms with van der Waals surface area (Å²) in [5.41, 5.74) is 7.26. The maximum absolute atomic E-state index is 13.2. The molecule has 182 valence electrons. The number of fused-ring (bicyclic) bond motifs is 1. The fourth-order valence-corrected chi connectivity index (χ4v) is 4.02. The molecule has 5 rings (SSSR count). The molecule has 0 fully saturated rings. The van der Waals surface area contributed by atoms with Gasteiger partial charge in [-0.05, 0) is 29.8 Å². The van der Waals surface area contributed by atoms with Crippen LogP contribution in [0.5, 0.6) is 11.5 Å². The fourth-order valence-electron chi connectivity index (χ4n) is 4.02. The topological polar surface area (TPSA) is 72.8 Å². The van der Waals surface area contributed by atoms with Crippen molar-refractivity contribution < 1.29 is 14.3 Å². The lowest BCUT2D eigenvalue weighted by molar-refractivity contribution is 0.0956. The van der Waals surface area contributed by atoms with Gasteiger partial charge >= 0.3 is 0 Å². The van der Waals surface area contributed by atoms with Crippen LogP contribution in [-0.2, 0) is 6.61 Å². The number of aromatic nitrogens is 1. The number of methoxy groups -OCH3 is 1. The first-order valence-corrected chi connectivity index (χ1v) is 11.9. The molecule has 6 heteroatoms. The van der Waals surface area contributed by atoms with E-state index in [1.807, 2.05) is 103 Å². The molecule has 1 amide bonds. The minimum atomic E-state index is -0.332. The highest BCUT2D eigenvalue weighted by molar-refractivity contribution is 6.07. The quantitative estimate of drug-likeness (QED) is 0.207. The molecule has 0 spiro atoms. The van der Waals surface area contributed by atoms with E-state index in [2.05, 4.69) is 10.5 Å². The van der Waals surface area contributed by atoms with Gasteiger partial charge < -0.3 is 9.47 Å². The average Bonchev–Trinajstić information content (AvgIpc) is 2.96. The van der Waals surface area contributed by atoms with Gasteiger partial charge in [-0.25, -0.2) is 10.4 Å². The van der Waals surface area contributed by atoms with Crippen LogP contribution in [0.15, 0.2) is 114 Å². The number of rotatable bonds is 8. The maximum atomic E-state index is 13.2. The zero-order valence-corrected chi connectivity index (χ0v) is 20.3. The zero-order valence-electron chi connectivity index (χ0n) is 20.3. The highest BCUT2D eigenvalue weighted by atomic mass is 16.5. The summed E-state index contributed by atoms with van der Waals surface area (Å²) in [6.07, 6.45) is 1.56. The predicted molar refractivity (Wildman–Crippen MR) is 146 cm³/mol. The summed E-state index contributed by atoms with van der Waals surface area (Å²) >= 11 is 0. The lowest BCUT2D eigenvalue weighted by Crippen LogP contribution is -2.18. The molecule has 37 heavy (non-hydrogen) atoms. The van der Waals surface area contributed by atoms with Gasteiger partial charge in [-0.3, -0.25) is 4.79 Å². The van der Waals surface area contributed by atoms with Crippen molar-refractivity contribution >= 4 is 23.0 Å². The lowest BCUT2D eigenvalue weighted by Gasteiger charge is -2.13. The molecule has 0 aliphatic carbocycles. The van der Waals surface area contributed by atoms with Crippen molar-refractivity contribution in [1.82, 2.24) is 10.4 Å². The molecule has 0 saturated carbocycles. The van der Waals surface area contributed by atoms with Crippen LogP contribution in [0.2, 0.25) is 0 Å². The van der Waals surface area contributed by atoms with Crippen LogP contribution in [0.3, 0.4) is 0 Å². The van der Waals surface area contributed by atoms with Crippen LogP contribution >= 0.6 is 0 Å². The van der Waals surface area contributed by atoms with Crippen molar-refractivity contribution in [2.45, 2.75) is 6.61 Å². The SMILES string of the molecule is COc1cccc(/C=N\NC(=O)c2cc(-c3ccccc3)nc3ccccc23)c1OCc1ccccc1. The molecule has 0 radical (unpaired) electrons. The van der Waals surface area contributed by atoms with E-state index >= 15 is 0 Å². The molecule has 4 aromatic carbocycles. The predicted octanol–water partition coefficient (Wildman–Crippen LogP) is 6.25. The fraction of sp³-hybridized carbons (Fsp3) is 0.0645.